The second kappa shape index (κ2) is 8.68. The first-order chi connectivity index (χ1) is 14.2. The lowest BCUT2D eigenvalue weighted by Crippen LogP contribution is -2.18. The summed E-state index contributed by atoms with van der Waals surface area (Å²) >= 11 is 0. The van der Waals surface area contributed by atoms with Crippen molar-refractivity contribution < 1.29 is 9.18 Å². The molecule has 1 aliphatic rings. The predicted molar refractivity (Wildman–Crippen MR) is 112 cm³/mol. The van der Waals surface area contributed by atoms with Crippen LogP contribution in [-0.4, -0.2) is 29.0 Å². The summed E-state index contributed by atoms with van der Waals surface area (Å²) in [5.41, 5.74) is 2.63. The molecule has 0 spiro atoms. The van der Waals surface area contributed by atoms with Crippen molar-refractivity contribution in [2.75, 3.05) is 28.6 Å². The van der Waals surface area contributed by atoms with Gasteiger partial charge in [-0.2, -0.15) is 0 Å². The summed E-state index contributed by atoms with van der Waals surface area (Å²) in [6.07, 6.45) is 5.31. The number of rotatable bonds is 6. The van der Waals surface area contributed by atoms with Crippen molar-refractivity contribution >= 4 is 23.1 Å². The molecule has 2 N–H and O–H groups in total. The van der Waals surface area contributed by atoms with E-state index in [1.165, 1.54) is 37.0 Å². The van der Waals surface area contributed by atoms with Gasteiger partial charge in [0.05, 0.1) is 12.4 Å². The monoisotopic (exact) mass is 391 g/mol. The highest BCUT2D eigenvalue weighted by Gasteiger charge is 2.13. The fraction of sp³-hybridized carbons (Fsp3) is 0.227. The molecule has 2 aromatic carbocycles. The largest absolute Gasteiger partial charge is 0.372 e. The quantitative estimate of drug-likeness (QED) is 0.663. The Morgan fingerprint density at radius 3 is 2.45 bits per heavy atom. The van der Waals surface area contributed by atoms with E-state index in [9.17, 15) is 9.18 Å². The van der Waals surface area contributed by atoms with E-state index in [2.05, 4.69) is 25.5 Å². The predicted octanol–water partition coefficient (Wildman–Crippen LogP) is 4.08. The minimum Gasteiger partial charge on any atom is -0.372 e. The fourth-order valence-corrected chi connectivity index (χ4v) is 3.29. The first kappa shape index (κ1) is 18.9. The lowest BCUT2D eigenvalue weighted by atomic mass is 10.2. The van der Waals surface area contributed by atoms with Crippen molar-refractivity contribution in [2.24, 2.45) is 0 Å². The molecule has 1 fully saturated rings. The summed E-state index contributed by atoms with van der Waals surface area (Å²) in [4.78, 5) is 23.1. The highest BCUT2D eigenvalue weighted by Crippen LogP contribution is 2.22. The molecule has 2 heterocycles. The molecule has 29 heavy (non-hydrogen) atoms. The third-order valence-corrected chi connectivity index (χ3v) is 4.90. The van der Waals surface area contributed by atoms with Crippen molar-refractivity contribution in [3.05, 3.63) is 78.0 Å². The van der Waals surface area contributed by atoms with E-state index in [0.29, 0.717) is 17.1 Å². The SMILES string of the molecule is O=C(Nc1ccc(N2CCCC2)cc1)c1cnc(NCc2ccccc2F)cn1. The Kier molecular flexibility index (Phi) is 5.65. The van der Waals surface area contributed by atoms with Crippen LogP contribution in [-0.2, 0) is 6.54 Å². The zero-order chi connectivity index (χ0) is 20.1. The second-order valence-corrected chi connectivity index (χ2v) is 6.93. The second-order valence-electron chi connectivity index (χ2n) is 6.93. The van der Waals surface area contributed by atoms with Crippen molar-refractivity contribution in [3.63, 3.8) is 0 Å². The molecule has 0 saturated carbocycles. The molecular weight excluding hydrogens is 369 g/mol. The maximum absolute atomic E-state index is 13.7. The van der Waals surface area contributed by atoms with Crippen molar-refractivity contribution in [1.82, 2.24) is 9.97 Å². The minimum atomic E-state index is -0.327. The summed E-state index contributed by atoms with van der Waals surface area (Å²) in [5, 5.41) is 5.83. The number of anilines is 3. The molecule has 0 aliphatic carbocycles. The molecule has 0 bridgehead atoms. The van der Waals surface area contributed by atoms with Gasteiger partial charge in [-0.05, 0) is 43.2 Å². The number of benzene rings is 2. The van der Waals surface area contributed by atoms with E-state index in [1.54, 1.807) is 18.2 Å². The van der Waals surface area contributed by atoms with Crippen LogP contribution >= 0.6 is 0 Å². The van der Waals surface area contributed by atoms with Gasteiger partial charge < -0.3 is 15.5 Å². The van der Waals surface area contributed by atoms with E-state index >= 15 is 0 Å². The summed E-state index contributed by atoms with van der Waals surface area (Å²) < 4.78 is 13.7. The van der Waals surface area contributed by atoms with Gasteiger partial charge in [-0.25, -0.2) is 14.4 Å². The average molecular weight is 391 g/mol. The maximum atomic E-state index is 13.7. The Bertz CT molecular complexity index is 969. The number of nitrogens with one attached hydrogen (secondary N) is 2. The molecule has 6 nitrogen and oxygen atoms in total. The van der Waals surface area contributed by atoms with Gasteiger partial charge in [0.15, 0.2) is 0 Å². The van der Waals surface area contributed by atoms with Gasteiger partial charge in [-0.3, -0.25) is 4.79 Å². The van der Waals surface area contributed by atoms with Gasteiger partial charge in [-0.15, -0.1) is 0 Å². The van der Waals surface area contributed by atoms with Crippen LogP contribution in [0.25, 0.3) is 0 Å². The Morgan fingerprint density at radius 2 is 1.76 bits per heavy atom. The van der Waals surface area contributed by atoms with Gasteiger partial charge in [0.25, 0.3) is 5.91 Å². The topological polar surface area (TPSA) is 70.2 Å². The molecule has 4 rings (SSSR count). The van der Waals surface area contributed by atoms with E-state index < -0.39 is 0 Å². The van der Waals surface area contributed by atoms with E-state index in [4.69, 9.17) is 0 Å². The van der Waals surface area contributed by atoms with E-state index in [1.807, 2.05) is 24.3 Å². The van der Waals surface area contributed by atoms with Crippen LogP contribution in [0.5, 0.6) is 0 Å². The average Bonchev–Trinajstić information content (AvgIpc) is 3.29. The number of carbonyl (C=O) groups excluding carboxylic acids is 1. The molecule has 3 aromatic rings. The van der Waals surface area contributed by atoms with Crippen molar-refractivity contribution in [1.29, 1.82) is 0 Å². The Hall–Kier alpha value is -3.48. The van der Waals surface area contributed by atoms with Crippen LogP contribution < -0.4 is 15.5 Å². The Morgan fingerprint density at radius 1 is 1.00 bits per heavy atom. The molecule has 0 atom stereocenters. The summed E-state index contributed by atoms with van der Waals surface area (Å²) in [7, 11) is 0. The number of hydrogen-bond donors (Lipinski definition) is 2. The third-order valence-electron chi connectivity index (χ3n) is 4.90. The van der Waals surface area contributed by atoms with Crippen LogP contribution in [0.4, 0.5) is 21.6 Å². The van der Waals surface area contributed by atoms with Crippen LogP contribution in [0.1, 0.15) is 28.9 Å². The number of amides is 1. The van der Waals surface area contributed by atoms with E-state index in [-0.39, 0.29) is 24.0 Å². The van der Waals surface area contributed by atoms with Crippen LogP contribution in [0, 0.1) is 5.82 Å². The highest BCUT2D eigenvalue weighted by atomic mass is 19.1. The molecule has 1 aromatic heterocycles. The summed E-state index contributed by atoms with van der Waals surface area (Å²) in [6, 6.07) is 14.3. The number of halogens is 1. The van der Waals surface area contributed by atoms with Gasteiger partial charge >= 0.3 is 0 Å². The molecule has 1 saturated heterocycles. The normalized spacial score (nSPS) is 13.3. The zero-order valence-corrected chi connectivity index (χ0v) is 15.9. The van der Waals surface area contributed by atoms with Gasteiger partial charge in [0, 0.05) is 36.6 Å². The highest BCUT2D eigenvalue weighted by molar-refractivity contribution is 6.02. The van der Waals surface area contributed by atoms with Crippen molar-refractivity contribution in [2.45, 2.75) is 19.4 Å². The molecule has 0 unspecified atom stereocenters. The molecular formula is C22H22FN5O. The van der Waals surface area contributed by atoms with Crippen LogP contribution in [0.3, 0.4) is 0 Å². The van der Waals surface area contributed by atoms with Crippen LogP contribution in [0.15, 0.2) is 60.9 Å². The standard InChI is InChI=1S/C22H22FN5O/c23-19-6-2-1-5-16(19)13-25-21-15-24-20(14-26-21)22(29)27-17-7-9-18(10-8-17)28-11-3-4-12-28/h1-2,5-10,14-15H,3-4,11-13H2,(H,25,26)(H,27,29). The minimum absolute atomic E-state index is 0.213. The first-order valence-electron chi connectivity index (χ1n) is 9.65. The van der Waals surface area contributed by atoms with Gasteiger partial charge in [-0.1, -0.05) is 18.2 Å². The van der Waals surface area contributed by atoms with E-state index in [0.717, 1.165) is 13.1 Å². The lowest BCUT2D eigenvalue weighted by Gasteiger charge is -2.17. The van der Waals surface area contributed by atoms with Gasteiger partial charge in [0.2, 0.25) is 0 Å². The van der Waals surface area contributed by atoms with Crippen LogP contribution in [0.2, 0.25) is 0 Å². The number of hydrogen-bond acceptors (Lipinski definition) is 5. The number of aromatic nitrogens is 2. The zero-order valence-electron chi connectivity index (χ0n) is 15.9. The Balaban J connectivity index is 1.33. The molecule has 148 valence electrons. The fourth-order valence-electron chi connectivity index (χ4n) is 3.29. The molecule has 7 heteroatoms. The smallest absolute Gasteiger partial charge is 0.275 e. The number of nitrogens with zero attached hydrogens (tertiary/aromatic N) is 3. The third kappa shape index (κ3) is 4.68. The molecule has 1 amide bonds. The first-order valence-corrected chi connectivity index (χ1v) is 9.65. The van der Waals surface area contributed by atoms with Gasteiger partial charge in [0.1, 0.15) is 17.3 Å². The lowest BCUT2D eigenvalue weighted by molar-refractivity contribution is 0.102. The summed E-state index contributed by atoms with van der Waals surface area (Å²) in [5.74, 6) is -0.133. The number of carbonyl (C=O) groups is 1. The van der Waals surface area contributed by atoms with Crippen molar-refractivity contribution in [3.8, 4) is 0 Å². The Labute approximate surface area is 168 Å². The maximum Gasteiger partial charge on any atom is 0.275 e. The molecule has 0 radical (unpaired) electrons. The molecule has 1 aliphatic heterocycles. The summed E-state index contributed by atoms with van der Waals surface area (Å²) in [6.45, 7) is 2.45.